The van der Waals surface area contributed by atoms with E-state index in [9.17, 15) is 0 Å². The molecule has 0 fully saturated rings. The molecule has 1 rings (SSSR count). The first-order valence-corrected chi connectivity index (χ1v) is 7.24. The molecule has 0 saturated carbocycles. The Kier molecular flexibility index (Phi) is 7.63. The fraction of sp³-hybridized carbons (Fsp3) is 0.533. The number of hydrogen-bond donors (Lipinski definition) is 1. The predicted molar refractivity (Wildman–Crippen MR) is 84.6 cm³/mol. The van der Waals surface area contributed by atoms with E-state index in [1.807, 2.05) is 25.1 Å². The van der Waals surface area contributed by atoms with Crippen molar-refractivity contribution in [3.05, 3.63) is 35.9 Å². The summed E-state index contributed by atoms with van der Waals surface area (Å²) in [5.41, 5.74) is 7.09. The monoisotopic (exact) mass is 280 g/mol. The summed E-state index contributed by atoms with van der Waals surface area (Å²) in [4.78, 5) is 2.88. The van der Waals surface area contributed by atoms with Crippen molar-refractivity contribution in [3.8, 4) is 0 Å². The van der Waals surface area contributed by atoms with Gasteiger partial charge >= 0.3 is 0 Å². The zero-order valence-corrected chi connectivity index (χ0v) is 12.7. The molecule has 106 valence electrons. The number of nitrogens with two attached hydrogens (primary N) is 1. The fourth-order valence-corrected chi connectivity index (χ4v) is 2.23. The van der Waals surface area contributed by atoms with Crippen LogP contribution in [-0.2, 0) is 4.74 Å². The molecule has 0 aliphatic carbocycles. The van der Waals surface area contributed by atoms with Crippen molar-refractivity contribution in [1.29, 1.82) is 0 Å². The van der Waals surface area contributed by atoms with Crippen LogP contribution in [0, 0.1) is 0 Å². The van der Waals surface area contributed by atoms with E-state index in [-0.39, 0.29) is 5.92 Å². The standard InChI is InChI=1S/C15H24N2OS/c1-3-17(10-11-18-4-2)12-14(15(16)19)13-8-6-5-7-9-13/h5-9,14H,3-4,10-12H2,1-2H3,(H2,16,19). The molecule has 0 aliphatic heterocycles. The van der Waals surface area contributed by atoms with Crippen molar-refractivity contribution in [3.63, 3.8) is 0 Å². The molecule has 0 spiro atoms. The molecular formula is C15H24N2OS. The van der Waals surface area contributed by atoms with Crippen molar-refractivity contribution in [2.45, 2.75) is 19.8 Å². The third-order valence-corrected chi connectivity index (χ3v) is 3.47. The van der Waals surface area contributed by atoms with Crippen LogP contribution in [0.4, 0.5) is 0 Å². The summed E-state index contributed by atoms with van der Waals surface area (Å²) in [5, 5.41) is 0. The van der Waals surface area contributed by atoms with Gasteiger partial charge in [0.2, 0.25) is 0 Å². The van der Waals surface area contributed by atoms with Crippen LogP contribution in [0.1, 0.15) is 25.3 Å². The van der Waals surface area contributed by atoms with Gasteiger partial charge in [-0.15, -0.1) is 0 Å². The van der Waals surface area contributed by atoms with Gasteiger partial charge in [0.1, 0.15) is 0 Å². The Hall–Kier alpha value is -0.970. The van der Waals surface area contributed by atoms with E-state index < -0.39 is 0 Å². The SMILES string of the molecule is CCOCCN(CC)CC(C(N)=S)c1ccccc1. The molecule has 0 heterocycles. The maximum Gasteiger partial charge on any atom is 0.0816 e. The smallest absolute Gasteiger partial charge is 0.0816 e. The lowest BCUT2D eigenvalue weighted by atomic mass is 9.98. The first-order valence-electron chi connectivity index (χ1n) is 6.83. The van der Waals surface area contributed by atoms with Crippen LogP contribution in [0.15, 0.2) is 30.3 Å². The van der Waals surface area contributed by atoms with Gasteiger partial charge in [0.15, 0.2) is 0 Å². The Morgan fingerprint density at radius 2 is 2.00 bits per heavy atom. The number of hydrogen-bond acceptors (Lipinski definition) is 3. The van der Waals surface area contributed by atoms with E-state index in [4.69, 9.17) is 22.7 Å². The molecule has 19 heavy (non-hydrogen) atoms. The molecule has 2 N–H and O–H groups in total. The largest absolute Gasteiger partial charge is 0.393 e. The van der Waals surface area contributed by atoms with Crippen molar-refractivity contribution in [2.24, 2.45) is 5.73 Å². The first-order chi connectivity index (χ1) is 9.19. The molecular weight excluding hydrogens is 256 g/mol. The average Bonchev–Trinajstić information content (AvgIpc) is 2.43. The Morgan fingerprint density at radius 1 is 1.32 bits per heavy atom. The Morgan fingerprint density at radius 3 is 2.53 bits per heavy atom. The van der Waals surface area contributed by atoms with E-state index in [1.165, 1.54) is 5.56 Å². The summed E-state index contributed by atoms with van der Waals surface area (Å²) in [6.07, 6.45) is 0. The zero-order chi connectivity index (χ0) is 14.1. The molecule has 0 aliphatic rings. The van der Waals surface area contributed by atoms with Crippen LogP contribution in [-0.4, -0.2) is 42.7 Å². The number of rotatable bonds is 9. The third kappa shape index (κ3) is 5.68. The summed E-state index contributed by atoms with van der Waals surface area (Å²) < 4.78 is 5.41. The molecule has 0 saturated heterocycles. The second-order valence-electron chi connectivity index (χ2n) is 4.46. The van der Waals surface area contributed by atoms with Crippen LogP contribution in [0.3, 0.4) is 0 Å². The fourth-order valence-electron chi connectivity index (χ4n) is 2.02. The Balaban J connectivity index is 2.64. The highest BCUT2D eigenvalue weighted by atomic mass is 32.1. The van der Waals surface area contributed by atoms with Crippen molar-refractivity contribution in [2.75, 3.05) is 32.8 Å². The van der Waals surface area contributed by atoms with Crippen LogP contribution in [0.2, 0.25) is 0 Å². The van der Waals surface area contributed by atoms with Crippen molar-refractivity contribution < 1.29 is 4.74 Å². The highest BCUT2D eigenvalue weighted by Gasteiger charge is 2.17. The van der Waals surface area contributed by atoms with Gasteiger partial charge in [0, 0.05) is 25.6 Å². The topological polar surface area (TPSA) is 38.5 Å². The molecule has 0 aromatic heterocycles. The number of likely N-dealkylation sites (N-methyl/N-ethyl adjacent to an activating group) is 1. The lowest BCUT2D eigenvalue weighted by Crippen LogP contribution is -2.36. The summed E-state index contributed by atoms with van der Waals surface area (Å²) in [6, 6.07) is 10.2. The molecule has 1 unspecified atom stereocenters. The zero-order valence-electron chi connectivity index (χ0n) is 11.8. The van der Waals surface area contributed by atoms with Crippen LogP contribution >= 0.6 is 12.2 Å². The minimum atomic E-state index is 0.109. The number of nitrogens with zero attached hydrogens (tertiary/aromatic N) is 1. The highest BCUT2D eigenvalue weighted by Crippen LogP contribution is 2.17. The quantitative estimate of drug-likeness (QED) is 0.557. The average molecular weight is 280 g/mol. The number of benzene rings is 1. The second-order valence-corrected chi connectivity index (χ2v) is 4.93. The van der Waals surface area contributed by atoms with Gasteiger partial charge < -0.3 is 15.4 Å². The first kappa shape index (κ1) is 16.1. The van der Waals surface area contributed by atoms with Crippen LogP contribution in [0.25, 0.3) is 0 Å². The molecule has 0 amide bonds. The lowest BCUT2D eigenvalue weighted by molar-refractivity contribution is 0.115. The van der Waals surface area contributed by atoms with Gasteiger partial charge in [0.05, 0.1) is 11.6 Å². The van der Waals surface area contributed by atoms with Crippen molar-refractivity contribution >= 4 is 17.2 Å². The van der Waals surface area contributed by atoms with Gasteiger partial charge in [-0.25, -0.2) is 0 Å². The van der Waals surface area contributed by atoms with Crippen LogP contribution in [0.5, 0.6) is 0 Å². The van der Waals surface area contributed by atoms with E-state index in [0.717, 1.165) is 32.8 Å². The molecule has 3 nitrogen and oxygen atoms in total. The minimum Gasteiger partial charge on any atom is -0.393 e. The van der Waals surface area contributed by atoms with E-state index in [2.05, 4.69) is 24.0 Å². The predicted octanol–water partition coefficient (Wildman–Crippen LogP) is 2.41. The normalized spacial score (nSPS) is 12.6. The van der Waals surface area contributed by atoms with Gasteiger partial charge in [-0.05, 0) is 19.0 Å². The molecule has 4 heteroatoms. The summed E-state index contributed by atoms with van der Waals surface area (Å²) in [7, 11) is 0. The van der Waals surface area contributed by atoms with E-state index in [1.54, 1.807) is 0 Å². The Labute approximate surface area is 121 Å². The molecule has 0 bridgehead atoms. The summed E-state index contributed by atoms with van der Waals surface area (Å²) in [6.45, 7) is 8.40. The second kappa shape index (κ2) is 9.02. The molecule has 1 atom stereocenters. The molecule has 0 radical (unpaired) electrons. The highest BCUT2D eigenvalue weighted by molar-refractivity contribution is 7.80. The van der Waals surface area contributed by atoms with Gasteiger partial charge in [-0.1, -0.05) is 49.5 Å². The maximum absolute atomic E-state index is 5.90. The van der Waals surface area contributed by atoms with Gasteiger partial charge in [-0.3, -0.25) is 0 Å². The van der Waals surface area contributed by atoms with Crippen molar-refractivity contribution in [1.82, 2.24) is 4.90 Å². The lowest BCUT2D eigenvalue weighted by Gasteiger charge is -2.26. The van der Waals surface area contributed by atoms with E-state index >= 15 is 0 Å². The molecule has 1 aromatic rings. The maximum atomic E-state index is 5.90. The van der Waals surface area contributed by atoms with E-state index in [0.29, 0.717) is 4.99 Å². The van der Waals surface area contributed by atoms with Gasteiger partial charge in [0.25, 0.3) is 0 Å². The van der Waals surface area contributed by atoms with Crippen LogP contribution < -0.4 is 5.73 Å². The number of ether oxygens (including phenoxy) is 1. The van der Waals surface area contributed by atoms with Gasteiger partial charge in [-0.2, -0.15) is 0 Å². The summed E-state index contributed by atoms with van der Waals surface area (Å²) >= 11 is 5.22. The minimum absolute atomic E-state index is 0.109. The third-order valence-electron chi connectivity index (χ3n) is 3.19. The summed E-state index contributed by atoms with van der Waals surface area (Å²) in [5.74, 6) is 0.109. The molecule has 1 aromatic carbocycles. The Bertz CT molecular complexity index is 370. The number of thiocarbonyl (C=S) groups is 1.